The molecule has 6 heteroatoms. The number of aliphatic carboxylic acids is 1. The zero-order valence-corrected chi connectivity index (χ0v) is 9.83. The lowest BCUT2D eigenvalue weighted by molar-refractivity contribution is -0.138. The Morgan fingerprint density at radius 1 is 1.38 bits per heavy atom. The summed E-state index contributed by atoms with van der Waals surface area (Å²) in [6, 6.07) is 5.18. The van der Waals surface area contributed by atoms with Crippen molar-refractivity contribution < 1.29 is 14.7 Å². The van der Waals surface area contributed by atoms with Gasteiger partial charge in [-0.05, 0) is 24.3 Å². The van der Waals surface area contributed by atoms with Gasteiger partial charge < -0.3 is 10.4 Å². The topological polar surface area (TPSA) is 66.4 Å². The minimum absolute atomic E-state index is 0.0364. The van der Waals surface area contributed by atoms with Crippen LogP contribution in [0.3, 0.4) is 0 Å². The molecule has 0 bridgehead atoms. The van der Waals surface area contributed by atoms with Crippen LogP contribution in [0.15, 0.2) is 24.3 Å². The molecule has 16 heavy (non-hydrogen) atoms. The van der Waals surface area contributed by atoms with Crippen LogP contribution in [-0.2, 0) is 4.79 Å². The Balaban J connectivity index is 2.71. The van der Waals surface area contributed by atoms with Gasteiger partial charge in [-0.2, -0.15) is 12.6 Å². The Morgan fingerprint density at radius 3 is 2.38 bits per heavy atom. The molecular weight excluding hydrogens is 250 g/mol. The third-order valence-corrected chi connectivity index (χ3v) is 2.51. The highest BCUT2D eigenvalue weighted by Crippen LogP contribution is 2.09. The lowest BCUT2D eigenvalue weighted by atomic mass is 10.2. The molecule has 0 spiro atoms. The number of carboxylic acid groups (broad SMARTS) is 1. The summed E-state index contributed by atoms with van der Waals surface area (Å²) in [4.78, 5) is 22.2. The van der Waals surface area contributed by atoms with Crippen LogP contribution in [0.25, 0.3) is 0 Å². The van der Waals surface area contributed by atoms with Crippen molar-refractivity contribution in [2.75, 3.05) is 5.75 Å². The van der Waals surface area contributed by atoms with Crippen molar-refractivity contribution in [3.05, 3.63) is 34.9 Å². The summed E-state index contributed by atoms with van der Waals surface area (Å²) >= 11 is 9.50. The van der Waals surface area contributed by atoms with Crippen molar-refractivity contribution in [2.24, 2.45) is 0 Å². The summed E-state index contributed by atoms with van der Waals surface area (Å²) in [6.07, 6.45) is 0. The third-order valence-electron chi connectivity index (χ3n) is 1.89. The predicted octanol–water partition coefficient (Wildman–Crippen LogP) is 1.45. The smallest absolute Gasteiger partial charge is 0.327 e. The van der Waals surface area contributed by atoms with E-state index in [9.17, 15) is 9.59 Å². The van der Waals surface area contributed by atoms with Gasteiger partial charge in [0, 0.05) is 16.3 Å². The molecule has 1 aromatic rings. The van der Waals surface area contributed by atoms with Crippen LogP contribution in [0.4, 0.5) is 0 Å². The van der Waals surface area contributed by atoms with Crippen molar-refractivity contribution in [1.29, 1.82) is 0 Å². The normalized spacial score (nSPS) is 11.9. The van der Waals surface area contributed by atoms with Crippen LogP contribution >= 0.6 is 24.2 Å². The molecule has 0 saturated heterocycles. The number of carbonyl (C=O) groups is 2. The minimum atomic E-state index is -1.11. The first kappa shape index (κ1) is 12.9. The summed E-state index contributed by atoms with van der Waals surface area (Å²) in [5.74, 6) is -1.54. The molecule has 86 valence electrons. The maximum Gasteiger partial charge on any atom is 0.327 e. The van der Waals surface area contributed by atoms with Gasteiger partial charge in [0.2, 0.25) is 0 Å². The van der Waals surface area contributed by atoms with E-state index in [-0.39, 0.29) is 5.75 Å². The van der Waals surface area contributed by atoms with Crippen molar-refractivity contribution in [1.82, 2.24) is 5.32 Å². The number of amides is 1. The van der Waals surface area contributed by atoms with Gasteiger partial charge in [-0.25, -0.2) is 4.79 Å². The zero-order valence-electron chi connectivity index (χ0n) is 8.18. The number of nitrogens with one attached hydrogen (secondary N) is 1. The van der Waals surface area contributed by atoms with Gasteiger partial charge in [-0.1, -0.05) is 11.6 Å². The molecule has 0 aromatic heterocycles. The van der Waals surface area contributed by atoms with Crippen LogP contribution in [0, 0.1) is 0 Å². The molecule has 0 aliphatic carbocycles. The summed E-state index contributed by atoms with van der Waals surface area (Å²) < 4.78 is 0. The van der Waals surface area contributed by atoms with E-state index in [0.717, 1.165) is 0 Å². The number of carboxylic acids is 1. The molecule has 1 amide bonds. The average Bonchev–Trinajstić information content (AvgIpc) is 2.26. The molecule has 4 nitrogen and oxygen atoms in total. The van der Waals surface area contributed by atoms with Gasteiger partial charge in [0.15, 0.2) is 0 Å². The summed E-state index contributed by atoms with van der Waals surface area (Å²) in [6.45, 7) is 0. The highest BCUT2D eigenvalue weighted by atomic mass is 35.5. The van der Waals surface area contributed by atoms with Gasteiger partial charge in [-0.15, -0.1) is 0 Å². The van der Waals surface area contributed by atoms with E-state index in [1.165, 1.54) is 12.1 Å². The van der Waals surface area contributed by atoms with E-state index >= 15 is 0 Å². The summed E-state index contributed by atoms with van der Waals surface area (Å²) in [7, 11) is 0. The highest BCUT2D eigenvalue weighted by molar-refractivity contribution is 7.80. The zero-order chi connectivity index (χ0) is 12.1. The lowest BCUT2D eigenvalue weighted by Crippen LogP contribution is -2.42. The molecule has 1 atom stereocenters. The van der Waals surface area contributed by atoms with E-state index in [0.29, 0.717) is 10.6 Å². The predicted molar refractivity (Wildman–Crippen MR) is 64.2 cm³/mol. The average molecular weight is 260 g/mol. The molecular formula is C10H10ClNO3S. The second-order valence-electron chi connectivity index (χ2n) is 3.05. The van der Waals surface area contributed by atoms with Crippen LogP contribution in [0.1, 0.15) is 10.4 Å². The number of benzene rings is 1. The Kier molecular flexibility index (Phi) is 4.64. The maximum atomic E-state index is 11.6. The fraction of sp³-hybridized carbons (Fsp3) is 0.200. The Hall–Kier alpha value is -1.20. The molecule has 0 aliphatic rings. The number of hydrogen-bond donors (Lipinski definition) is 3. The first-order valence-electron chi connectivity index (χ1n) is 4.44. The van der Waals surface area contributed by atoms with Gasteiger partial charge in [0.05, 0.1) is 0 Å². The van der Waals surface area contributed by atoms with E-state index in [1.807, 2.05) is 0 Å². The van der Waals surface area contributed by atoms with Crippen molar-refractivity contribution >= 4 is 36.1 Å². The second-order valence-corrected chi connectivity index (χ2v) is 3.86. The molecule has 1 rings (SSSR count). The quantitative estimate of drug-likeness (QED) is 0.717. The molecule has 0 heterocycles. The minimum Gasteiger partial charge on any atom is -0.480 e. The number of rotatable bonds is 4. The van der Waals surface area contributed by atoms with E-state index in [1.54, 1.807) is 12.1 Å². The Labute approximate surface area is 103 Å². The maximum absolute atomic E-state index is 11.6. The lowest BCUT2D eigenvalue weighted by Gasteiger charge is -2.11. The van der Waals surface area contributed by atoms with Gasteiger partial charge in [-0.3, -0.25) is 4.79 Å². The number of thiol groups is 1. The number of hydrogen-bond acceptors (Lipinski definition) is 3. The first-order valence-corrected chi connectivity index (χ1v) is 5.45. The molecule has 1 aromatic carbocycles. The van der Waals surface area contributed by atoms with Gasteiger partial charge >= 0.3 is 5.97 Å². The van der Waals surface area contributed by atoms with E-state index < -0.39 is 17.9 Å². The Morgan fingerprint density at radius 2 is 1.94 bits per heavy atom. The molecule has 0 aliphatic heterocycles. The van der Waals surface area contributed by atoms with Gasteiger partial charge in [0.1, 0.15) is 6.04 Å². The van der Waals surface area contributed by atoms with Crippen molar-refractivity contribution in [2.45, 2.75) is 6.04 Å². The second kappa shape index (κ2) is 5.77. The highest BCUT2D eigenvalue weighted by Gasteiger charge is 2.18. The summed E-state index contributed by atoms with van der Waals surface area (Å²) in [5, 5.41) is 11.6. The largest absolute Gasteiger partial charge is 0.480 e. The van der Waals surface area contributed by atoms with Crippen LogP contribution < -0.4 is 5.32 Å². The summed E-state index contributed by atoms with van der Waals surface area (Å²) in [5.41, 5.74) is 0.359. The van der Waals surface area contributed by atoms with Crippen molar-refractivity contribution in [3.8, 4) is 0 Å². The third kappa shape index (κ3) is 3.43. The molecule has 2 N–H and O–H groups in total. The van der Waals surface area contributed by atoms with Crippen LogP contribution in [0.2, 0.25) is 5.02 Å². The van der Waals surface area contributed by atoms with Gasteiger partial charge in [0.25, 0.3) is 5.91 Å². The van der Waals surface area contributed by atoms with E-state index in [2.05, 4.69) is 17.9 Å². The SMILES string of the molecule is O=C(NC(CS)C(=O)O)c1ccc(Cl)cc1. The van der Waals surface area contributed by atoms with Crippen molar-refractivity contribution in [3.63, 3.8) is 0 Å². The standard InChI is InChI=1S/C10H10ClNO3S/c11-7-3-1-6(2-4-7)9(13)12-8(5-16)10(14)15/h1-4,8,16H,5H2,(H,12,13)(H,14,15). The Bertz CT molecular complexity index is 394. The number of halogens is 1. The first-order chi connectivity index (χ1) is 7.54. The fourth-order valence-electron chi connectivity index (χ4n) is 1.03. The number of carbonyl (C=O) groups excluding carboxylic acids is 1. The molecule has 1 unspecified atom stereocenters. The monoisotopic (exact) mass is 259 g/mol. The molecule has 0 radical (unpaired) electrons. The molecule has 0 saturated carbocycles. The van der Waals surface area contributed by atoms with Crippen LogP contribution in [-0.4, -0.2) is 28.8 Å². The van der Waals surface area contributed by atoms with E-state index in [4.69, 9.17) is 16.7 Å². The van der Waals surface area contributed by atoms with Crippen LogP contribution in [0.5, 0.6) is 0 Å². The fourth-order valence-corrected chi connectivity index (χ4v) is 1.40. The molecule has 0 fully saturated rings.